The highest BCUT2D eigenvalue weighted by atomic mass is 32.9. The van der Waals surface area contributed by atoms with Gasteiger partial charge in [-0.15, -0.1) is 12.2 Å². The molecule has 1 aliphatic rings. The summed E-state index contributed by atoms with van der Waals surface area (Å²) in [4.78, 5) is 9.75. The van der Waals surface area contributed by atoms with Crippen LogP contribution in [0.25, 0.3) is 0 Å². The van der Waals surface area contributed by atoms with E-state index in [1.807, 2.05) is 0 Å². The summed E-state index contributed by atoms with van der Waals surface area (Å²) in [5.41, 5.74) is 2.53. The van der Waals surface area contributed by atoms with E-state index in [-0.39, 0.29) is 12.5 Å². The molecule has 1 saturated carbocycles. The molecule has 0 heterocycles. The summed E-state index contributed by atoms with van der Waals surface area (Å²) in [5.74, 6) is 0.0228. The summed E-state index contributed by atoms with van der Waals surface area (Å²) in [6, 6.07) is 0. The molecule has 0 aromatic heterocycles. The smallest absolute Gasteiger partial charge is 0.146 e. The first kappa shape index (κ1) is 12.9. The molecule has 0 radical (unpaired) electrons. The van der Waals surface area contributed by atoms with E-state index in [9.17, 15) is 10.00 Å². The first-order chi connectivity index (χ1) is 6.42. The van der Waals surface area contributed by atoms with Gasteiger partial charge in [0, 0.05) is 6.54 Å². The Kier molecular flexibility index (Phi) is 4.45. The van der Waals surface area contributed by atoms with Gasteiger partial charge in [-0.25, -0.2) is 0 Å². The van der Waals surface area contributed by atoms with E-state index in [2.05, 4.69) is 12.2 Å². The third kappa shape index (κ3) is 2.52. The molecule has 0 aromatic carbocycles. The molecule has 6 heteroatoms. The lowest BCUT2D eigenvalue weighted by Gasteiger charge is -2.40. The molecule has 1 aliphatic carbocycles. The molecule has 1 rings (SSSR count). The monoisotopic (exact) mass is 255 g/mol. The molecule has 0 spiro atoms. The Morgan fingerprint density at radius 3 is 2.29 bits per heavy atom. The molecule has 2 atom stereocenters. The van der Waals surface area contributed by atoms with E-state index in [1.165, 1.54) is 6.42 Å². The quantitative estimate of drug-likeness (QED) is 0.455. The number of hydrogen-bond acceptors (Lipinski definition) is 3. The third-order valence-electron chi connectivity index (χ3n) is 3.06. The Hall–Kier alpha value is 0.880. The summed E-state index contributed by atoms with van der Waals surface area (Å²) >= 11 is 8.88. The minimum atomic E-state index is -3.00. The molecular weight excluding hydrogens is 237 g/mol. The van der Waals surface area contributed by atoms with E-state index in [1.54, 1.807) is 0 Å². The number of nitrogens with two attached hydrogens (primary N) is 1. The predicted octanol–water partition coefficient (Wildman–Crippen LogP) is 1.45. The van der Waals surface area contributed by atoms with Crippen LogP contribution < -0.4 is 5.73 Å². The molecule has 0 aromatic rings. The number of thiol groups is 1. The highest BCUT2D eigenvalue weighted by Crippen LogP contribution is 2.62. The molecule has 2 unspecified atom stereocenters. The maximum atomic E-state index is 10.3. The molecule has 0 amide bonds. The van der Waals surface area contributed by atoms with Gasteiger partial charge in [-0.3, -0.25) is 0 Å². The highest BCUT2D eigenvalue weighted by molar-refractivity contribution is 8.61. The fraction of sp³-hybridized carbons (Fsp3) is 1.00. The molecule has 1 fully saturated rings. The Balaban J connectivity index is 2.82. The van der Waals surface area contributed by atoms with Gasteiger partial charge in [0.15, 0.2) is 0 Å². The number of rotatable bonds is 3. The minimum Gasteiger partial charge on any atom is -0.380 e. The maximum Gasteiger partial charge on any atom is 0.146 e. The molecule has 84 valence electrons. The molecule has 14 heavy (non-hydrogen) atoms. The first-order valence-electron chi connectivity index (χ1n) is 4.90. The Bertz CT molecular complexity index is 239. The van der Waals surface area contributed by atoms with Crippen molar-refractivity contribution in [3.8, 4) is 0 Å². The number of aliphatic hydroxyl groups is 1. The Morgan fingerprint density at radius 2 is 1.93 bits per heavy atom. The Morgan fingerprint density at radius 1 is 1.43 bits per heavy atom. The van der Waals surface area contributed by atoms with Crippen LogP contribution in [0.1, 0.15) is 32.1 Å². The molecule has 0 bridgehead atoms. The van der Waals surface area contributed by atoms with Crippen molar-refractivity contribution in [2.45, 2.75) is 37.4 Å². The van der Waals surface area contributed by atoms with Gasteiger partial charge in [0.05, 0.1) is 0 Å². The highest BCUT2D eigenvalue weighted by Gasteiger charge is 2.45. The summed E-state index contributed by atoms with van der Waals surface area (Å²) in [6.07, 6.45) is 5.14. The fourth-order valence-electron chi connectivity index (χ4n) is 2.09. The third-order valence-corrected chi connectivity index (χ3v) is 6.61. The SMILES string of the molecule is NCC(O)(C1CCCCC1)P(O)(=S)S. The lowest BCUT2D eigenvalue weighted by Crippen LogP contribution is -2.44. The van der Waals surface area contributed by atoms with E-state index >= 15 is 0 Å². The van der Waals surface area contributed by atoms with Gasteiger partial charge in [-0.2, -0.15) is 0 Å². The second-order valence-electron chi connectivity index (χ2n) is 3.96. The summed E-state index contributed by atoms with van der Waals surface area (Å²) < 4.78 is 0. The molecule has 4 N–H and O–H groups in total. The minimum absolute atomic E-state index is 0.00887. The van der Waals surface area contributed by atoms with Crippen LogP contribution in [0, 0.1) is 5.92 Å². The molecule has 0 saturated heterocycles. The van der Waals surface area contributed by atoms with Gasteiger partial charge in [0.25, 0.3) is 0 Å². The molecule has 0 aliphatic heterocycles. The standard InChI is InChI=1S/C8H18NO2PS2/c9-6-8(10,12(11,13)14)7-4-2-1-3-5-7/h7,10H,1-6,9H2,(H2,11,13,14). The van der Waals surface area contributed by atoms with Crippen molar-refractivity contribution in [3.05, 3.63) is 0 Å². The van der Waals surface area contributed by atoms with Gasteiger partial charge < -0.3 is 15.7 Å². The van der Waals surface area contributed by atoms with Crippen molar-refractivity contribution in [2.24, 2.45) is 11.7 Å². The van der Waals surface area contributed by atoms with Crippen molar-refractivity contribution in [3.63, 3.8) is 0 Å². The summed E-state index contributed by atoms with van der Waals surface area (Å²) in [7, 11) is 0. The summed E-state index contributed by atoms with van der Waals surface area (Å²) in [5, 5.41) is 8.95. The van der Waals surface area contributed by atoms with Crippen LogP contribution in [0.4, 0.5) is 0 Å². The van der Waals surface area contributed by atoms with Gasteiger partial charge in [0.2, 0.25) is 0 Å². The normalized spacial score (nSPS) is 28.0. The van der Waals surface area contributed by atoms with E-state index in [0.717, 1.165) is 25.7 Å². The van der Waals surface area contributed by atoms with Crippen LogP contribution in [0.2, 0.25) is 0 Å². The van der Waals surface area contributed by atoms with Gasteiger partial charge in [-0.1, -0.05) is 31.1 Å². The van der Waals surface area contributed by atoms with Crippen molar-refractivity contribution < 1.29 is 10.00 Å². The van der Waals surface area contributed by atoms with Crippen LogP contribution in [0.15, 0.2) is 0 Å². The van der Waals surface area contributed by atoms with Crippen LogP contribution in [0.3, 0.4) is 0 Å². The van der Waals surface area contributed by atoms with Crippen LogP contribution in [-0.2, 0) is 11.8 Å². The van der Waals surface area contributed by atoms with Gasteiger partial charge >= 0.3 is 0 Å². The predicted molar refractivity (Wildman–Crippen MR) is 66.1 cm³/mol. The van der Waals surface area contributed by atoms with Gasteiger partial charge in [0.1, 0.15) is 10.8 Å². The molecular formula is C8H18NO2PS2. The van der Waals surface area contributed by atoms with E-state index in [4.69, 9.17) is 17.5 Å². The maximum absolute atomic E-state index is 10.3. The van der Waals surface area contributed by atoms with Gasteiger partial charge in [-0.05, 0) is 18.8 Å². The van der Waals surface area contributed by atoms with E-state index in [0.29, 0.717) is 0 Å². The lowest BCUT2D eigenvalue weighted by atomic mass is 9.85. The fourth-order valence-corrected chi connectivity index (χ4v) is 4.47. The molecule has 3 nitrogen and oxygen atoms in total. The zero-order valence-corrected chi connectivity index (χ0v) is 10.7. The average molecular weight is 255 g/mol. The van der Waals surface area contributed by atoms with Crippen molar-refractivity contribution >= 4 is 29.5 Å². The second kappa shape index (κ2) is 4.81. The summed E-state index contributed by atoms with van der Waals surface area (Å²) in [6.45, 7) is 0.00887. The van der Waals surface area contributed by atoms with Crippen molar-refractivity contribution in [1.29, 1.82) is 0 Å². The van der Waals surface area contributed by atoms with Crippen LogP contribution in [0.5, 0.6) is 0 Å². The topological polar surface area (TPSA) is 66.5 Å². The lowest BCUT2D eigenvalue weighted by molar-refractivity contribution is 0.0480. The van der Waals surface area contributed by atoms with Crippen molar-refractivity contribution in [2.75, 3.05) is 6.54 Å². The average Bonchev–Trinajstić information content (AvgIpc) is 2.16. The van der Waals surface area contributed by atoms with Crippen LogP contribution in [-0.4, -0.2) is 21.9 Å². The van der Waals surface area contributed by atoms with E-state index < -0.39 is 10.8 Å². The van der Waals surface area contributed by atoms with Crippen LogP contribution >= 0.6 is 17.7 Å². The largest absolute Gasteiger partial charge is 0.380 e. The Labute approximate surface area is 95.3 Å². The van der Waals surface area contributed by atoms with Crippen molar-refractivity contribution in [1.82, 2.24) is 0 Å². The zero-order valence-electron chi connectivity index (χ0n) is 8.09. The first-order valence-corrected chi connectivity index (χ1v) is 8.80. The second-order valence-corrected chi connectivity index (χ2v) is 9.96. The number of hydrogen-bond donors (Lipinski definition) is 4. The zero-order chi connectivity index (χ0) is 10.8.